The molecule has 1 amide bonds. The van der Waals surface area contributed by atoms with Crippen molar-refractivity contribution in [1.29, 1.82) is 0 Å². The molecule has 0 saturated carbocycles. The van der Waals surface area contributed by atoms with E-state index in [0.29, 0.717) is 17.9 Å². The highest BCUT2D eigenvalue weighted by molar-refractivity contribution is 5.97. The maximum atomic E-state index is 12.6. The lowest BCUT2D eigenvalue weighted by Crippen LogP contribution is -2.30. The Morgan fingerprint density at radius 3 is 2.42 bits per heavy atom. The van der Waals surface area contributed by atoms with Gasteiger partial charge in [0.25, 0.3) is 5.91 Å². The first-order valence-corrected chi connectivity index (χ1v) is 7.91. The molecule has 2 aromatic rings. The maximum Gasteiger partial charge on any atom is 0.305 e. The summed E-state index contributed by atoms with van der Waals surface area (Å²) >= 11 is 0. The van der Waals surface area contributed by atoms with Crippen LogP contribution in [0.5, 0.6) is 5.75 Å². The van der Waals surface area contributed by atoms with E-state index in [-0.39, 0.29) is 12.3 Å². The molecule has 0 heterocycles. The number of carboxylic acids is 1. The first kappa shape index (κ1) is 17.5. The fourth-order valence-electron chi connectivity index (χ4n) is 2.34. The molecule has 0 aromatic heterocycles. The van der Waals surface area contributed by atoms with Crippen LogP contribution in [0, 0.1) is 0 Å². The van der Waals surface area contributed by atoms with Gasteiger partial charge in [0.1, 0.15) is 5.75 Å². The van der Waals surface area contributed by atoms with Gasteiger partial charge in [-0.2, -0.15) is 0 Å². The third-order valence-electron chi connectivity index (χ3n) is 3.48. The van der Waals surface area contributed by atoms with Gasteiger partial charge in [0, 0.05) is 0 Å². The third kappa shape index (κ3) is 4.84. The molecule has 1 atom stereocenters. The first-order chi connectivity index (χ1) is 11.6. The zero-order valence-corrected chi connectivity index (χ0v) is 13.6. The number of para-hydroxylation sites is 1. The van der Waals surface area contributed by atoms with Crippen LogP contribution in [-0.4, -0.2) is 23.6 Å². The fraction of sp³-hybridized carbons (Fsp3) is 0.263. The average molecular weight is 327 g/mol. The number of carbonyl (C=O) groups is 2. The van der Waals surface area contributed by atoms with E-state index >= 15 is 0 Å². The second-order valence-corrected chi connectivity index (χ2v) is 5.38. The highest BCUT2D eigenvalue weighted by atomic mass is 16.5. The van der Waals surface area contributed by atoms with Crippen LogP contribution in [0.3, 0.4) is 0 Å². The third-order valence-corrected chi connectivity index (χ3v) is 3.48. The SMILES string of the molecule is CCCOc1ccccc1C(=O)N[C@@H](CC(=O)O)c1ccccc1. The Bertz CT molecular complexity index is 685. The van der Waals surface area contributed by atoms with Crippen molar-refractivity contribution in [2.24, 2.45) is 0 Å². The molecule has 24 heavy (non-hydrogen) atoms. The van der Waals surface area contributed by atoms with E-state index in [1.54, 1.807) is 36.4 Å². The monoisotopic (exact) mass is 327 g/mol. The predicted octanol–water partition coefficient (Wildman–Crippen LogP) is 3.42. The predicted molar refractivity (Wildman–Crippen MR) is 91.1 cm³/mol. The minimum atomic E-state index is -0.973. The van der Waals surface area contributed by atoms with Crippen molar-refractivity contribution in [3.63, 3.8) is 0 Å². The van der Waals surface area contributed by atoms with Crippen molar-refractivity contribution >= 4 is 11.9 Å². The molecule has 0 saturated heterocycles. The quantitative estimate of drug-likeness (QED) is 0.779. The van der Waals surface area contributed by atoms with Crippen LogP contribution in [0.4, 0.5) is 0 Å². The number of ether oxygens (including phenoxy) is 1. The lowest BCUT2D eigenvalue weighted by Gasteiger charge is -2.18. The fourth-order valence-corrected chi connectivity index (χ4v) is 2.34. The van der Waals surface area contributed by atoms with Gasteiger partial charge in [-0.3, -0.25) is 9.59 Å². The number of carbonyl (C=O) groups excluding carboxylic acids is 1. The molecular formula is C19H21NO4. The van der Waals surface area contributed by atoms with Crippen molar-refractivity contribution < 1.29 is 19.4 Å². The average Bonchev–Trinajstić information content (AvgIpc) is 2.60. The summed E-state index contributed by atoms with van der Waals surface area (Å²) in [6.45, 7) is 2.50. The van der Waals surface area contributed by atoms with E-state index in [4.69, 9.17) is 9.84 Å². The lowest BCUT2D eigenvalue weighted by molar-refractivity contribution is -0.137. The molecule has 0 aliphatic rings. The molecule has 5 nitrogen and oxygen atoms in total. The largest absolute Gasteiger partial charge is 0.493 e. The first-order valence-electron chi connectivity index (χ1n) is 7.91. The van der Waals surface area contributed by atoms with E-state index in [0.717, 1.165) is 12.0 Å². The molecule has 0 fully saturated rings. The van der Waals surface area contributed by atoms with Crippen LogP contribution in [0.1, 0.15) is 41.7 Å². The van der Waals surface area contributed by atoms with Crippen LogP contribution in [0.2, 0.25) is 0 Å². The molecule has 0 unspecified atom stereocenters. The molecule has 0 aliphatic carbocycles. The number of nitrogens with one attached hydrogen (secondary N) is 1. The van der Waals surface area contributed by atoms with Crippen molar-refractivity contribution in [1.82, 2.24) is 5.32 Å². The lowest BCUT2D eigenvalue weighted by atomic mass is 10.0. The van der Waals surface area contributed by atoms with Crippen LogP contribution in [0.15, 0.2) is 54.6 Å². The number of hydrogen-bond donors (Lipinski definition) is 2. The van der Waals surface area contributed by atoms with E-state index < -0.39 is 12.0 Å². The van der Waals surface area contributed by atoms with Gasteiger partial charge in [0.15, 0.2) is 0 Å². The van der Waals surface area contributed by atoms with Crippen LogP contribution in [-0.2, 0) is 4.79 Å². The zero-order chi connectivity index (χ0) is 17.4. The molecule has 0 radical (unpaired) electrons. The Morgan fingerprint density at radius 2 is 1.75 bits per heavy atom. The van der Waals surface area contributed by atoms with Gasteiger partial charge in [0.05, 0.1) is 24.6 Å². The number of aliphatic carboxylic acids is 1. The van der Waals surface area contributed by atoms with Gasteiger partial charge < -0.3 is 15.2 Å². The zero-order valence-electron chi connectivity index (χ0n) is 13.6. The summed E-state index contributed by atoms with van der Waals surface area (Å²) in [5, 5.41) is 11.9. The summed E-state index contributed by atoms with van der Waals surface area (Å²) < 4.78 is 5.60. The van der Waals surface area contributed by atoms with Crippen molar-refractivity contribution in [2.45, 2.75) is 25.8 Å². The van der Waals surface area contributed by atoms with E-state index in [2.05, 4.69) is 5.32 Å². The second-order valence-electron chi connectivity index (χ2n) is 5.38. The minimum Gasteiger partial charge on any atom is -0.493 e. The summed E-state index contributed by atoms with van der Waals surface area (Å²) in [6, 6.07) is 15.4. The molecule has 5 heteroatoms. The van der Waals surface area contributed by atoms with Crippen molar-refractivity contribution in [3.05, 3.63) is 65.7 Å². The number of rotatable bonds is 8. The van der Waals surface area contributed by atoms with E-state index in [1.165, 1.54) is 0 Å². The number of carboxylic acid groups (broad SMARTS) is 1. The molecule has 0 bridgehead atoms. The number of benzene rings is 2. The summed E-state index contributed by atoms with van der Waals surface area (Å²) in [7, 11) is 0. The molecule has 0 spiro atoms. The van der Waals surface area contributed by atoms with Gasteiger partial charge in [0.2, 0.25) is 0 Å². The highest BCUT2D eigenvalue weighted by Crippen LogP contribution is 2.21. The number of hydrogen-bond acceptors (Lipinski definition) is 3. The summed E-state index contributed by atoms with van der Waals surface area (Å²) in [6.07, 6.45) is 0.648. The molecule has 2 rings (SSSR count). The highest BCUT2D eigenvalue weighted by Gasteiger charge is 2.20. The smallest absolute Gasteiger partial charge is 0.305 e. The molecule has 0 aliphatic heterocycles. The second kappa shape index (κ2) is 8.72. The van der Waals surface area contributed by atoms with Crippen LogP contribution in [0.25, 0.3) is 0 Å². The maximum absolute atomic E-state index is 12.6. The molecule has 2 N–H and O–H groups in total. The molecular weight excluding hydrogens is 306 g/mol. The normalized spacial score (nSPS) is 11.5. The summed E-state index contributed by atoms with van der Waals surface area (Å²) in [4.78, 5) is 23.7. The summed E-state index contributed by atoms with van der Waals surface area (Å²) in [5.74, 6) is -0.824. The van der Waals surface area contributed by atoms with Crippen LogP contribution < -0.4 is 10.1 Å². The van der Waals surface area contributed by atoms with E-state index in [9.17, 15) is 9.59 Å². The van der Waals surface area contributed by atoms with E-state index in [1.807, 2.05) is 25.1 Å². The standard InChI is InChI=1S/C19H21NO4/c1-2-12-24-17-11-7-6-10-15(17)19(23)20-16(13-18(21)22)14-8-4-3-5-9-14/h3-11,16H,2,12-13H2,1H3,(H,20,23)(H,21,22)/t16-/m0/s1. The Hall–Kier alpha value is -2.82. The Balaban J connectivity index is 2.20. The van der Waals surface area contributed by atoms with Gasteiger partial charge in [-0.15, -0.1) is 0 Å². The van der Waals surface area contributed by atoms with Gasteiger partial charge >= 0.3 is 5.97 Å². The van der Waals surface area contributed by atoms with Gasteiger partial charge in [-0.1, -0.05) is 49.4 Å². The topological polar surface area (TPSA) is 75.6 Å². The van der Waals surface area contributed by atoms with Crippen molar-refractivity contribution in [3.8, 4) is 5.75 Å². The number of amides is 1. The Kier molecular flexibility index (Phi) is 6.37. The Morgan fingerprint density at radius 1 is 1.08 bits per heavy atom. The minimum absolute atomic E-state index is 0.187. The molecule has 126 valence electrons. The Labute approximate surface area is 141 Å². The van der Waals surface area contributed by atoms with Gasteiger partial charge in [-0.05, 0) is 24.1 Å². The van der Waals surface area contributed by atoms with Crippen LogP contribution >= 0.6 is 0 Å². The van der Waals surface area contributed by atoms with Crippen molar-refractivity contribution in [2.75, 3.05) is 6.61 Å². The summed E-state index contributed by atoms with van der Waals surface area (Å²) in [5.41, 5.74) is 1.15. The van der Waals surface area contributed by atoms with Gasteiger partial charge in [-0.25, -0.2) is 0 Å². The molecule has 2 aromatic carbocycles.